The zero-order chi connectivity index (χ0) is 18.5. The first-order chi connectivity index (χ1) is 13.2. The van der Waals surface area contributed by atoms with Crippen molar-refractivity contribution < 1.29 is 4.79 Å². The smallest absolute Gasteiger partial charge is 0.258 e. The molecule has 0 atom stereocenters. The molecule has 0 radical (unpaired) electrons. The second-order valence-electron chi connectivity index (χ2n) is 7.11. The molecule has 132 valence electrons. The highest BCUT2D eigenvalue weighted by atomic mass is 16.2. The maximum absolute atomic E-state index is 12.9. The van der Waals surface area contributed by atoms with Crippen molar-refractivity contribution >= 4 is 22.5 Å². The highest BCUT2D eigenvalue weighted by Gasteiger charge is 2.38. The Morgan fingerprint density at radius 1 is 1.22 bits per heavy atom. The Bertz CT molecular complexity index is 1130. The number of nitrogens with two attached hydrogens (primary N) is 1. The fraction of sp³-hybridized carbons (Fsp3) is 0.238. The summed E-state index contributed by atoms with van der Waals surface area (Å²) < 4.78 is 0. The number of carbonyl (C=O) groups is 1. The second kappa shape index (κ2) is 5.78. The van der Waals surface area contributed by atoms with Gasteiger partial charge in [0.15, 0.2) is 0 Å². The zero-order valence-corrected chi connectivity index (χ0v) is 14.6. The van der Waals surface area contributed by atoms with Crippen LogP contribution in [0, 0.1) is 11.3 Å². The number of fused-ring (bicyclic) bond motifs is 2. The first-order valence-electron chi connectivity index (χ1n) is 9.06. The predicted molar refractivity (Wildman–Crippen MR) is 102 cm³/mol. The van der Waals surface area contributed by atoms with Gasteiger partial charge in [-0.25, -0.2) is 9.97 Å². The minimum atomic E-state index is 0.00652. The molecule has 3 aromatic rings. The molecule has 2 N–H and O–H groups in total. The molecule has 1 saturated carbocycles. The van der Waals surface area contributed by atoms with Gasteiger partial charge in [0.05, 0.1) is 29.0 Å². The number of aromatic nitrogens is 2. The molecular formula is C21H17N5O. The van der Waals surface area contributed by atoms with Crippen molar-refractivity contribution in [2.75, 3.05) is 5.73 Å². The average molecular weight is 355 g/mol. The molecule has 0 bridgehead atoms. The number of amides is 1. The number of benzene rings is 1. The number of nitrogen functional groups attached to an aromatic ring is 1. The lowest BCUT2D eigenvalue weighted by Crippen LogP contribution is -2.40. The third kappa shape index (κ3) is 2.28. The van der Waals surface area contributed by atoms with Gasteiger partial charge in [0.25, 0.3) is 5.91 Å². The number of para-hydroxylation sites is 1. The molecule has 2 aliphatic rings. The summed E-state index contributed by atoms with van der Waals surface area (Å²) in [5.41, 5.74) is 11.1. The number of pyridine rings is 2. The first kappa shape index (κ1) is 15.8. The summed E-state index contributed by atoms with van der Waals surface area (Å²) in [4.78, 5) is 23.8. The second-order valence-corrected chi connectivity index (χ2v) is 7.11. The molecule has 0 spiro atoms. The molecule has 6 nitrogen and oxygen atoms in total. The SMILES string of the molecule is N#Cc1ccc(-c2cccc3c(N)c4c(nc23)CN(C2CCC2)C4=O)cn1. The normalized spacial score (nSPS) is 16.3. The molecule has 1 aliphatic heterocycles. The molecule has 3 heterocycles. The number of nitriles is 1. The van der Waals surface area contributed by atoms with E-state index in [9.17, 15) is 4.79 Å². The van der Waals surface area contributed by atoms with E-state index in [-0.39, 0.29) is 5.91 Å². The lowest BCUT2D eigenvalue weighted by Gasteiger charge is -2.34. The van der Waals surface area contributed by atoms with Gasteiger partial charge in [-0.3, -0.25) is 4.79 Å². The molecule has 0 saturated heterocycles. The van der Waals surface area contributed by atoms with E-state index in [1.165, 1.54) is 6.42 Å². The van der Waals surface area contributed by atoms with Gasteiger partial charge in [-0.05, 0) is 31.4 Å². The number of hydrogen-bond acceptors (Lipinski definition) is 5. The third-order valence-electron chi connectivity index (χ3n) is 5.63. The van der Waals surface area contributed by atoms with E-state index in [0.29, 0.717) is 29.5 Å². The summed E-state index contributed by atoms with van der Waals surface area (Å²) in [7, 11) is 0. The fourth-order valence-electron chi connectivity index (χ4n) is 3.94. The Morgan fingerprint density at radius 3 is 2.74 bits per heavy atom. The molecular weight excluding hydrogens is 338 g/mol. The topological polar surface area (TPSA) is 95.9 Å². The van der Waals surface area contributed by atoms with E-state index in [1.807, 2.05) is 35.2 Å². The summed E-state index contributed by atoms with van der Waals surface area (Å²) in [5.74, 6) is 0.00652. The summed E-state index contributed by atoms with van der Waals surface area (Å²) in [5, 5.41) is 9.73. The summed E-state index contributed by atoms with van der Waals surface area (Å²) in [6.07, 6.45) is 4.96. The van der Waals surface area contributed by atoms with Crippen LogP contribution < -0.4 is 5.73 Å². The van der Waals surface area contributed by atoms with Crippen LogP contribution in [-0.4, -0.2) is 26.8 Å². The van der Waals surface area contributed by atoms with Crippen LogP contribution in [0.1, 0.15) is 41.0 Å². The van der Waals surface area contributed by atoms with E-state index in [4.69, 9.17) is 16.0 Å². The molecule has 1 aromatic carbocycles. The predicted octanol–water partition coefficient (Wildman–Crippen LogP) is 3.26. The average Bonchev–Trinajstić information content (AvgIpc) is 2.97. The molecule has 6 heteroatoms. The van der Waals surface area contributed by atoms with Crippen molar-refractivity contribution in [2.24, 2.45) is 0 Å². The van der Waals surface area contributed by atoms with Crippen LogP contribution in [0.15, 0.2) is 36.5 Å². The summed E-state index contributed by atoms with van der Waals surface area (Å²) >= 11 is 0. The van der Waals surface area contributed by atoms with Crippen LogP contribution in [0.3, 0.4) is 0 Å². The molecule has 5 rings (SSSR count). The Labute approximate surface area is 156 Å². The van der Waals surface area contributed by atoms with Gasteiger partial charge in [0.2, 0.25) is 0 Å². The van der Waals surface area contributed by atoms with E-state index >= 15 is 0 Å². The molecule has 27 heavy (non-hydrogen) atoms. The summed E-state index contributed by atoms with van der Waals surface area (Å²) in [6.45, 7) is 0.527. The largest absolute Gasteiger partial charge is 0.397 e. The van der Waals surface area contributed by atoms with Gasteiger partial charge < -0.3 is 10.6 Å². The maximum atomic E-state index is 12.9. The monoisotopic (exact) mass is 355 g/mol. The quantitative estimate of drug-likeness (QED) is 0.761. The van der Waals surface area contributed by atoms with E-state index in [2.05, 4.69) is 4.98 Å². The van der Waals surface area contributed by atoms with Crippen LogP contribution in [-0.2, 0) is 6.54 Å². The Balaban J connectivity index is 1.67. The zero-order valence-electron chi connectivity index (χ0n) is 14.6. The van der Waals surface area contributed by atoms with Crippen LogP contribution in [0.2, 0.25) is 0 Å². The third-order valence-corrected chi connectivity index (χ3v) is 5.63. The van der Waals surface area contributed by atoms with E-state index in [1.54, 1.807) is 12.3 Å². The fourth-order valence-corrected chi connectivity index (χ4v) is 3.94. The minimum absolute atomic E-state index is 0.00652. The number of carbonyl (C=O) groups excluding carboxylic acids is 1. The number of hydrogen-bond donors (Lipinski definition) is 1. The lowest BCUT2D eigenvalue weighted by molar-refractivity contribution is 0.0606. The van der Waals surface area contributed by atoms with E-state index < -0.39 is 0 Å². The maximum Gasteiger partial charge on any atom is 0.258 e. The van der Waals surface area contributed by atoms with Crippen molar-refractivity contribution in [3.8, 4) is 17.2 Å². The van der Waals surface area contributed by atoms with Crippen molar-refractivity contribution in [3.05, 3.63) is 53.5 Å². The number of nitrogens with zero attached hydrogens (tertiary/aromatic N) is 4. The van der Waals surface area contributed by atoms with Crippen molar-refractivity contribution in [2.45, 2.75) is 31.8 Å². The summed E-state index contributed by atoms with van der Waals surface area (Å²) in [6, 6.07) is 11.7. The Hall–Kier alpha value is -3.46. The van der Waals surface area contributed by atoms with Gasteiger partial charge >= 0.3 is 0 Å². The molecule has 1 amide bonds. The van der Waals surface area contributed by atoms with Crippen LogP contribution >= 0.6 is 0 Å². The van der Waals surface area contributed by atoms with Gasteiger partial charge in [-0.1, -0.05) is 18.2 Å². The van der Waals surface area contributed by atoms with Gasteiger partial charge in [0.1, 0.15) is 11.8 Å². The molecule has 2 aromatic heterocycles. The molecule has 1 aliphatic carbocycles. The van der Waals surface area contributed by atoms with Gasteiger partial charge in [-0.15, -0.1) is 0 Å². The minimum Gasteiger partial charge on any atom is -0.397 e. The van der Waals surface area contributed by atoms with Crippen LogP contribution in [0.4, 0.5) is 5.69 Å². The molecule has 0 unspecified atom stereocenters. The number of anilines is 1. The standard InChI is InChI=1S/C21H17N5O/c22-9-13-8-7-12(10-24-13)15-5-2-6-16-19(23)18-17(25-20(15)16)11-26(21(18)27)14-3-1-4-14/h2,5-8,10,14H,1,3-4,11H2,(H2,23,25). The Morgan fingerprint density at radius 2 is 2.07 bits per heavy atom. The van der Waals surface area contributed by atoms with E-state index in [0.717, 1.165) is 40.6 Å². The van der Waals surface area contributed by atoms with Gasteiger partial charge in [-0.2, -0.15) is 5.26 Å². The van der Waals surface area contributed by atoms with Crippen LogP contribution in [0.25, 0.3) is 22.0 Å². The number of rotatable bonds is 2. The van der Waals surface area contributed by atoms with Gasteiger partial charge in [0, 0.05) is 28.8 Å². The van der Waals surface area contributed by atoms with Crippen LogP contribution in [0.5, 0.6) is 0 Å². The van der Waals surface area contributed by atoms with Crippen molar-refractivity contribution in [3.63, 3.8) is 0 Å². The van der Waals surface area contributed by atoms with Crippen molar-refractivity contribution in [1.82, 2.24) is 14.9 Å². The Kier molecular flexibility index (Phi) is 3.37. The highest BCUT2D eigenvalue weighted by molar-refractivity contribution is 6.11. The lowest BCUT2D eigenvalue weighted by atomic mass is 9.92. The highest BCUT2D eigenvalue weighted by Crippen LogP contribution is 2.39. The van der Waals surface area contributed by atoms with Crippen molar-refractivity contribution in [1.29, 1.82) is 5.26 Å². The molecule has 1 fully saturated rings. The first-order valence-corrected chi connectivity index (χ1v) is 9.06.